The lowest BCUT2D eigenvalue weighted by Gasteiger charge is -2.22. The second kappa shape index (κ2) is 6.92. The van der Waals surface area contributed by atoms with Crippen molar-refractivity contribution in [1.82, 2.24) is 19.5 Å². The van der Waals surface area contributed by atoms with E-state index in [0.29, 0.717) is 23.3 Å². The summed E-state index contributed by atoms with van der Waals surface area (Å²) in [5, 5.41) is 7.70. The lowest BCUT2D eigenvalue weighted by molar-refractivity contribution is 0.0760. The molecule has 24 heavy (non-hydrogen) atoms. The number of benzene rings is 1. The van der Waals surface area contributed by atoms with Gasteiger partial charge in [-0.15, -0.1) is 16.8 Å². The van der Waals surface area contributed by atoms with Crippen molar-refractivity contribution in [3.8, 4) is 0 Å². The van der Waals surface area contributed by atoms with E-state index in [1.807, 2.05) is 0 Å². The first kappa shape index (κ1) is 16.3. The minimum Gasteiger partial charge on any atom is -0.330 e. The van der Waals surface area contributed by atoms with Gasteiger partial charge in [0.1, 0.15) is 12.1 Å². The van der Waals surface area contributed by atoms with Crippen LogP contribution in [0.15, 0.2) is 60.0 Å². The standard InChI is InChI=1S/C17H14BrFN4O/c1-2-7-22(10-13-8-14(18)4-5-15(13)19)17(24)12-3-6-16-21-20-11-23(16)9-12/h2-6,8-9,11H,1,7,10H2. The van der Waals surface area contributed by atoms with Crippen molar-refractivity contribution in [2.75, 3.05) is 6.54 Å². The Kier molecular flexibility index (Phi) is 4.71. The fourth-order valence-electron chi connectivity index (χ4n) is 2.38. The molecule has 3 rings (SSSR count). The fraction of sp³-hybridized carbons (Fsp3) is 0.118. The number of rotatable bonds is 5. The average Bonchev–Trinajstić information content (AvgIpc) is 3.04. The molecule has 2 aromatic heterocycles. The first-order chi connectivity index (χ1) is 11.6. The van der Waals surface area contributed by atoms with E-state index in [0.717, 1.165) is 4.47 Å². The minimum absolute atomic E-state index is 0.149. The van der Waals surface area contributed by atoms with Gasteiger partial charge in [-0.2, -0.15) is 0 Å². The number of halogens is 2. The van der Waals surface area contributed by atoms with E-state index in [4.69, 9.17) is 0 Å². The molecule has 0 saturated heterocycles. The SMILES string of the molecule is C=CCN(Cc1cc(Br)ccc1F)C(=O)c1ccc2nncn2c1. The van der Waals surface area contributed by atoms with E-state index < -0.39 is 0 Å². The molecule has 122 valence electrons. The van der Waals surface area contributed by atoms with Crippen LogP contribution in [0, 0.1) is 5.82 Å². The van der Waals surface area contributed by atoms with Crippen LogP contribution in [0.25, 0.3) is 5.65 Å². The zero-order chi connectivity index (χ0) is 17.1. The molecule has 0 unspecified atom stereocenters. The lowest BCUT2D eigenvalue weighted by Crippen LogP contribution is -2.31. The second-order valence-electron chi connectivity index (χ2n) is 5.22. The summed E-state index contributed by atoms with van der Waals surface area (Å²) >= 11 is 3.32. The van der Waals surface area contributed by atoms with Crippen molar-refractivity contribution >= 4 is 27.5 Å². The number of carbonyl (C=O) groups is 1. The first-order valence-corrected chi connectivity index (χ1v) is 8.01. The fourth-order valence-corrected chi connectivity index (χ4v) is 2.79. The molecule has 0 aliphatic carbocycles. The Hall–Kier alpha value is -2.54. The highest BCUT2D eigenvalue weighted by atomic mass is 79.9. The third-order valence-corrected chi connectivity index (χ3v) is 4.04. The Morgan fingerprint density at radius 3 is 3.00 bits per heavy atom. The second-order valence-corrected chi connectivity index (χ2v) is 6.14. The maximum absolute atomic E-state index is 14.0. The van der Waals surface area contributed by atoms with Gasteiger partial charge in [0, 0.05) is 29.3 Å². The summed E-state index contributed by atoms with van der Waals surface area (Å²) in [6, 6.07) is 8.06. The third-order valence-electron chi connectivity index (χ3n) is 3.54. The van der Waals surface area contributed by atoms with Crippen LogP contribution in [-0.2, 0) is 6.54 Å². The highest BCUT2D eigenvalue weighted by Gasteiger charge is 2.17. The highest BCUT2D eigenvalue weighted by molar-refractivity contribution is 9.10. The number of aromatic nitrogens is 3. The molecule has 1 aromatic carbocycles. The van der Waals surface area contributed by atoms with Crippen LogP contribution >= 0.6 is 15.9 Å². The van der Waals surface area contributed by atoms with Crippen molar-refractivity contribution in [2.24, 2.45) is 0 Å². The Labute approximate surface area is 146 Å². The first-order valence-electron chi connectivity index (χ1n) is 7.22. The van der Waals surface area contributed by atoms with Gasteiger partial charge in [-0.1, -0.05) is 22.0 Å². The lowest BCUT2D eigenvalue weighted by atomic mass is 10.1. The molecule has 0 fully saturated rings. The Morgan fingerprint density at radius 1 is 1.38 bits per heavy atom. The molecule has 7 heteroatoms. The van der Waals surface area contributed by atoms with Gasteiger partial charge in [-0.3, -0.25) is 9.20 Å². The van der Waals surface area contributed by atoms with Gasteiger partial charge in [0.25, 0.3) is 5.91 Å². The molecular formula is C17H14BrFN4O. The highest BCUT2D eigenvalue weighted by Crippen LogP contribution is 2.18. The van der Waals surface area contributed by atoms with Crippen LogP contribution in [0.3, 0.4) is 0 Å². The monoisotopic (exact) mass is 388 g/mol. The summed E-state index contributed by atoms with van der Waals surface area (Å²) in [7, 11) is 0. The van der Waals surface area contributed by atoms with Crippen LogP contribution in [0.1, 0.15) is 15.9 Å². The molecule has 0 radical (unpaired) electrons. The minimum atomic E-state index is -0.352. The van der Waals surface area contributed by atoms with Crippen LogP contribution < -0.4 is 0 Å². The summed E-state index contributed by atoms with van der Waals surface area (Å²) in [6.07, 6.45) is 4.80. The number of fused-ring (bicyclic) bond motifs is 1. The Balaban J connectivity index is 1.90. The van der Waals surface area contributed by atoms with Gasteiger partial charge >= 0.3 is 0 Å². The van der Waals surface area contributed by atoms with E-state index in [1.54, 1.807) is 40.9 Å². The van der Waals surface area contributed by atoms with Crippen LogP contribution in [-0.4, -0.2) is 31.9 Å². The Morgan fingerprint density at radius 2 is 2.21 bits per heavy atom. The zero-order valence-corrected chi connectivity index (χ0v) is 14.3. The number of nitrogens with zero attached hydrogens (tertiary/aromatic N) is 4. The van der Waals surface area contributed by atoms with Gasteiger partial charge in [0.05, 0.1) is 5.56 Å². The van der Waals surface area contributed by atoms with Crippen LogP contribution in [0.5, 0.6) is 0 Å². The third kappa shape index (κ3) is 3.35. The van der Waals surface area contributed by atoms with Crippen molar-refractivity contribution in [3.63, 3.8) is 0 Å². The molecule has 0 bridgehead atoms. The summed E-state index contributed by atoms with van der Waals surface area (Å²) in [6.45, 7) is 4.14. The average molecular weight is 389 g/mol. The molecular weight excluding hydrogens is 375 g/mol. The number of amides is 1. The maximum atomic E-state index is 14.0. The summed E-state index contributed by atoms with van der Waals surface area (Å²) < 4.78 is 16.4. The quantitative estimate of drug-likeness (QED) is 0.628. The van der Waals surface area contributed by atoms with Crippen molar-refractivity contribution in [3.05, 3.63) is 76.9 Å². The van der Waals surface area contributed by atoms with Crippen molar-refractivity contribution in [2.45, 2.75) is 6.54 Å². The Bertz CT molecular complexity index is 908. The summed E-state index contributed by atoms with van der Waals surface area (Å²) in [4.78, 5) is 14.3. The van der Waals surface area contributed by atoms with Gasteiger partial charge in [0.2, 0.25) is 0 Å². The molecule has 0 aliphatic heterocycles. The van der Waals surface area contributed by atoms with E-state index in [9.17, 15) is 9.18 Å². The molecule has 0 spiro atoms. The molecule has 0 N–H and O–H groups in total. The van der Waals surface area contributed by atoms with E-state index in [1.165, 1.54) is 17.3 Å². The molecule has 1 amide bonds. The number of carbonyl (C=O) groups excluding carboxylic acids is 1. The largest absolute Gasteiger partial charge is 0.330 e. The summed E-state index contributed by atoms with van der Waals surface area (Å²) in [5.74, 6) is -0.570. The number of pyridine rings is 1. The van der Waals surface area contributed by atoms with Crippen molar-refractivity contribution < 1.29 is 9.18 Å². The van der Waals surface area contributed by atoms with Gasteiger partial charge in [-0.05, 0) is 30.3 Å². The number of hydrogen-bond donors (Lipinski definition) is 0. The van der Waals surface area contributed by atoms with Crippen LogP contribution in [0.2, 0.25) is 0 Å². The molecule has 0 saturated carbocycles. The molecule has 0 aliphatic rings. The predicted molar refractivity (Wildman–Crippen MR) is 92.0 cm³/mol. The van der Waals surface area contributed by atoms with Crippen LogP contribution in [0.4, 0.5) is 4.39 Å². The van der Waals surface area contributed by atoms with Crippen molar-refractivity contribution in [1.29, 1.82) is 0 Å². The van der Waals surface area contributed by atoms with E-state index in [-0.39, 0.29) is 18.3 Å². The molecule has 5 nitrogen and oxygen atoms in total. The van der Waals surface area contributed by atoms with E-state index in [2.05, 4.69) is 32.7 Å². The zero-order valence-electron chi connectivity index (χ0n) is 12.7. The van der Waals surface area contributed by atoms with Gasteiger partial charge in [-0.25, -0.2) is 4.39 Å². The smallest absolute Gasteiger partial charge is 0.255 e. The predicted octanol–water partition coefficient (Wildman–Crippen LogP) is 3.46. The molecule has 2 heterocycles. The summed E-state index contributed by atoms with van der Waals surface area (Å²) in [5.41, 5.74) is 1.56. The number of hydrogen-bond acceptors (Lipinski definition) is 3. The van der Waals surface area contributed by atoms with Gasteiger partial charge in [0.15, 0.2) is 5.65 Å². The van der Waals surface area contributed by atoms with Gasteiger partial charge < -0.3 is 4.90 Å². The maximum Gasteiger partial charge on any atom is 0.255 e. The topological polar surface area (TPSA) is 50.5 Å². The molecule has 0 atom stereocenters. The normalized spacial score (nSPS) is 10.8. The van der Waals surface area contributed by atoms with E-state index >= 15 is 0 Å². The molecule has 3 aromatic rings.